The summed E-state index contributed by atoms with van der Waals surface area (Å²) in [6, 6.07) is 8.36. The molecule has 0 radical (unpaired) electrons. The molecule has 0 aliphatic heterocycles. The van der Waals surface area contributed by atoms with Crippen molar-refractivity contribution in [3.63, 3.8) is 0 Å². The molecule has 1 aromatic rings. The van der Waals surface area contributed by atoms with Crippen LogP contribution in [0.1, 0.15) is 67.9 Å². The fraction of sp³-hybridized carbons (Fsp3) is 0.645. The molecule has 1 rings (SSSR count). The van der Waals surface area contributed by atoms with Gasteiger partial charge in [0.25, 0.3) is 0 Å². The number of carbonyl (C=O) groups is 3. The standard InChI is InChI=1S/C31H51N3O5/c1-12-39-25(35)20-38-19-22(4)18-24(21(2)3)34(11)29(37)27(30(5,6)7)33-28(36)26(32-10)31(8,9)23-16-14-13-15-17-23/h13-18,21,24,26-27,32H,12,19-20H2,1-11H3,(H,33,36)/b22-18+/t24?,26-,27?/m1/s1. The molecule has 0 bridgehead atoms. The van der Waals surface area contributed by atoms with Crippen molar-refractivity contribution in [3.8, 4) is 0 Å². The van der Waals surface area contributed by atoms with E-state index in [1.807, 2.05) is 91.8 Å². The summed E-state index contributed by atoms with van der Waals surface area (Å²) >= 11 is 0. The minimum atomic E-state index is -0.743. The molecule has 0 heterocycles. The first-order valence-electron chi connectivity index (χ1n) is 13.8. The first kappa shape index (κ1) is 34.3. The molecule has 0 aliphatic carbocycles. The summed E-state index contributed by atoms with van der Waals surface area (Å²) in [6.07, 6.45) is 1.99. The number of ether oxygens (including phenoxy) is 2. The Labute approximate surface area is 235 Å². The van der Waals surface area contributed by atoms with Crippen LogP contribution < -0.4 is 10.6 Å². The van der Waals surface area contributed by atoms with Gasteiger partial charge in [-0.05, 0) is 43.4 Å². The number of rotatable bonds is 14. The molecule has 0 saturated carbocycles. The molecule has 2 amide bonds. The van der Waals surface area contributed by atoms with E-state index in [4.69, 9.17) is 9.47 Å². The van der Waals surface area contributed by atoms with E-state index in [-0.39, 0.29) is 37.0 Å². The van der Waals surface area contributed by atoms with Gasteiger partial charge in [-0.2, -0.15) is 0 Å². The molecule has 0 aromatic heterocycles. The Kier molecular flexibility index (Phi) is 13.4. The molecule has 39 heavy (non-hydrogen) atoms. The van der Waals surface area contributed by atoms with Gasteiger partial charge >= 0.3 is 5.97 Å². The summed E-state index contributed by atoms with van der Waals surface area (Å²) in [5, 5.41) is 6.26. The number of hydrogen-bond acceptors (Lipinski definition) is 6. The third-order valence-electron chi connectivity index (χ3n) is 6.98. The maximum Gasteiger partial charge on any atom is 0.332 e. The Hall–Kier alpha value is -2.71. The van der Waals surface area contributed by atoms with Crippen LogP contribution in [0, 0.1) is 11.3 Å². The molecule has 0 aliphatic rings. The summed E-state index contributed by atoms with van der Waals surface area (Å²) < 4.78 is 10.4. The summed E-state index contributed by atoms with van der Waals surface area (Å²) in [5.74, 6) is -0.693. The van der Waals surface area contributed by atoms with Crippen molar-refractivity contribution >= 4 is 17.8 Å². The molecular weight excluding hydrogens is 494 g/mol. The maximum absolute atomic E-state index is 13.9. The second-order valence-electron chi connectivity index (χ2n) is 12.1. The van der Waals surface area contributed by atoms with Crippen LogP contribution in [0.5, 0.6) is 0 Å². The van der Waals surface area contributed by atoms with E-state index in [0.29, 0.717) is 6.61 Å². The third-order valence-corrected chi connectivity index (χ3v) is 6.98. The fourth-order valence-corrected chi connectivity index (χ4v) is 4.67. The highest BCUT2D eigenvalue weighted by Gasteiger charge is 2.41. The van der Waals surface area contributed by atoms with Crippen molar-refractivity contribution in [1.82, 2.24) is 15.5 Å². The zero-order valence-electron chi connectivity index (χ0n) is 25.9. The predicted octanol–water partition coefficient (Wildman–Crippen LogP) is 4.09. The van der Waals surface area contributed by atoms with E-state index < -0.39 is 28.9 Å². The van der Waals surface area contributed by atoms with Gasteiger partial charge in [0, 0.05) is 12.5 Å². The normalized spacial score (nSPS) is 14.9. The van der Waals surface area contributed by atoms with Crippen molar-refractivity contribution in [1.29, 1.82) is 0 Å². The second kappa shape index (κ2) is 15.2. The molecular formula is C31H51N3O5. The number of benzene rings is 1. The second-order valence-corrected chi connectivity index (χ2v) is 12.1. The van der Waals surface area contributed by atoms with Crippen molar-refractivity contribution in [2.24, 2.45) is 11.3 Å². The maximum atomic E-state index is 13.9. The predicted molar refractivity (Wildman–Crippen MR) is 156 cm³/mol. The van der Waals surface area contributed by atoms with Gasteiger partial charge in [0.1, 0.15) is 12.6 Å². The molecule has 8 nitrogen and oxygen atoms in total. The first-order valence-corrected chi connectivity index (χ1v) is 13.8. The Bertz CT molecular complexity index is 966. The van der Waals surface area contributed by atoms with Gasteiger partial charge in [-0.1, -0.05) is 84.9 Å². The molecule has 2 N–H and O–H groups in total. The summed E-state index contributed by atoms with van der Waals surface area (Å²) in [7, 11) is 3.53. The number of carbonyl (C=O) groups excluding carboxylic acids is 3. The van der Waals surface area contributed by atoms with Gasteiger partial charge in [-0.15, -0.1) is 0 Å². The molecule has 0 spiro atoms. The summed E-state index contributed by atoms with van der Waals surface area (Å²) in [5.41, 5.74) is 0.885. The molecule has 1 aromatic carbocycles. The minimum Gasteiger partial charge on any atom is -0.464 e. The van der Waals surface area contributed by atoms with Crippen molar-refractivity contribution in [2.75, 3.05) is 33.9 Å². The van der Waals surface area contributed by atoms with Crippen molar-refractivity contribution in [3.05, 3.63) is 47.5 Å². The average molecular weight is 546 g/mol. The first-order chi connectivity index (χ1) is 18.1. The lowest BCUT2D eigenvalue weighted by atomic mass is 9.76. The molecule has 220 valence electrons. The average Bonchev–Trinajstić information content (AvgIpc) is 2.85. The van der Waals surface area contributed by atoms with Gasteiger partial charge in [0.05, 0.1) is 25.3 Å². The van der Waals surface area contributed by atoms with E-state index in [1.54, 1.807) is 25.9 Å². The highest BCUT2D eigenvalue weighted by molar-refractivity contribution is 5.91. The van der Waals surface area contributed by atoms with Crippen LogP contribution in [0.25, 0.3) is 0 Å². The van der Waals surface area contributed by atoms with Crippen LogP contribution in [0.4, 0.5) is 0 Å². The number of amides is 2. The van der Waals surface area contributed by atoms with Gasteiger partial charge in [-0.25, -0.2) is 4.79 Å². The van der Waals surface area contributed by atoms with Gasteiger partial charge in [0.2, 0.25) is 11.8 Å². The number of likely N-dealkylation sites (N-methyl/N-ethyl adjacent to an activating group) is 2. The largest absolute Gasteiger partial charge is 0.464 e. The highest BCUT2D eigenvalue weighted by Crippen LogP contribution is 2.29. The van der Waals surface area contributed by atoms with Crippen LogP contribution in [0.2, 0.25) is 0 Å². The van der Waals surface area contributed by atoms with Crippen LogP contribution in [-0.4, -0.2) is 74.7 Å². The van der Waals surface area contributed by atoms with E-state index in [9.17, 15) is 14.4 Å². The highest BCUT2D eigenvalue weighted by atomic mass is 16.6. The summed E-state index contributed by atoms with van der Waals surface area (Å²) in [6.45, 7) is 18.1. The van der Waals surface area contributed by atoms with Crippen LogP contribution >= 0.6 is 0 Å². The number of nitrogens with one attached hydrogen (secondary N) is 2. The molecule has 0 fully saturated rings. The molecule has 3 atom stereocenters. The summed E-state index contributed by atoms with van der Waals surface area (Å²) in [4.78, 5) is 40.9. The van der Waals surface area contributed by atoms with E-state index in [2.05, 4.69) is 10.6 Å². The lowest BCUT2D eigenvalue weighted by molar-refractivity contribution is -0.148. The minimum absolute atomic E-state index is 0.109. The smallest absolute Gasteiger partial charge is 0.332 e. The van der Waals surface area contributed by atoms with E-state index >= 15 is 0 Å². The van der Waals surface area contributed by atoms with E-state index in [0.717, 1.165) is 11.1 Å². The number of esters is 1. The SMILES string of the molecule is CCOC(=O)COC/C(C)=C/C(C(C)C)N(C)C(=O)C(NC(=O)[C@@H](NC)C(C)(C)c1ccccc1)C(C)(C)C. The molecule has 8 heteroatoms. The Morgan fingerprint density at radius 3 is 2.08 bits per heavy atom. The zero-order chi connectivity index (χ0) is 30.0. The Balaban J connectivity index is 3.14. The van der Waals surface area contributed by atoms with Crippen LogP contribution in [0.3, 0.4) is 0 Å². The Morgan fingerprint density at radius 2 is 1.59 bits per heavy atom. The molecule has 0 saturated heterocycles. The number of hydrogen-bond donors (Lipinski definition) is 2. The van der Waals surface area contributed by atoms with Gasteiger partial charge < -0.3 is 25.0 Å². The molecule has 2 unspecified atom stereocenters. The van der Waals surface area contributed by atoms with Crippen molar-refractivity contribution < 1.29 is 23.9 Å². The number of nitrogens with zero attached hydrogens (tertiary/aromatic N) is 1. The van der Waals surface area contributed by atoms with E-state index in [1.165, 1.54) is 0 Å². The lowest BCUT2D eigenvalue weighted by Gasteiger charge is -2.40. The topological polar surface area (TPSA) is 97.0 Å². The van der Waals surface area contributed by atoms with Gasteiger partial charge in [-0.3, -0.25) is 9.59 Å². The lowest BCUT2D eigenvalue weighted by Crippen LogP contribution is -2.61. The third kappa shape index (κ3) is 10.1. The fourth-order valence-electron chi connectivity index (χ4n) is 4.67. The van der Waals surface area contributed by atoms with Crippen LogP contribution in [-0.2, 0) is 29.3 Å². The monoisotopic (exact) mass is 545 g/mol. The zero-order valence-corrected chi connectivity index (χ0v) is 25.9. The van der Waals surface area contributed by atoms with Gasteiger partial charge in [0.15, 0.2) is 0 Å². The van der Waals surface area contributed by atoms with Crippen LogP contribution in [0.15, 0.2) is 42.0 Å². The van der Waals surface area contributed by atoms with Crippen molar-refractivity contribution in [2.45, 2.75) is 85.9 Å². The Morgan fingerprint density at radius 1 is 1.00 bits per heavy atom. The quantitative estimate of drug-likeness (QED) is 0.270.